The van der Waals surface area contributed by atoms with Gasteiger partial charge in [0.25, 0.3) is 0 Å². The van der Waals surface area contributed by atoms with Gasteiger partial charge in [-0.3, -0.25) is 0 Å². The molecule has 1 unspecified atom stereocenters. The summed E-state index contributed by atoms with van der Waals surface area (Å²) in [6.45, 7) is 4.35. The van der Waals surface area contributed by atoms with Crippen molar-refractivity contribution in [1.82, 2.24) is 9.97 Å². The molecule has 30 heavy (non-hydrogen) atoms. The number of urea groups is 1. The summed E-state index contributed by atoms with van der Waals surface area (Å²) in [6.07, 6.45) is 1.56. The van der Waals surface area contributed by atoms with Gasteiger partial charge in [0.1, 0.15) is 11.6 Å². The Morgan fingerprint density at radius 2 is 1.97 bits per heavy atom. The third-order valence-corrected chi connectivity index (χ3v) is 4.22. The van der Waals surface area contributed by atoms with E-state index in [0.717, 1.165) is 5.56 Å². The first kappa shape index (κ1) is 21.2. The third kappa shape index (κ3) is 5.51. The van der Waals surface area contributed by atoms with E-state index in [4.69, 9.17) is 4.74 Å². The fourth-order valence-electron chi connectivity index (χ4n) is 2.90. The van der Waals surface area contributed by atoms with Gasteiger partial charge < -0.3 is 15.4 Å². The zero-order valence-electron chi connectivity index (χ0n) is 17.1. The van der Waals surface area contributed by atoms with E-state index in [1.165, 1.54) is 29.2 Å². The molecule has 3 rings (SSSR count). The van der Waals surface area contributed by atoms with Crippen molar-refractivity contribution in [2.24, 2.45) is 0 Å². The standard InChI is InChI=1S/C22H24FN5O2/c1-15-5-4-6-18(13-15)26-22(29)28(19-9-7-17(23)8-10-19)20-11-12-24-21(27-20)25-16(2)14-30-3/h4-13,16H,14H2,1-3H3,(H,26,29)(H,24,25,27). The topological polar surface area (TPSA) is 79.4 Å². The molecule has 0 radical (unpaired) electrons. The molecule has 156 valence electrons. The van der Waals surface area contributed by atoms with Crippen molar-refractivity contribution in [2.75, 3.05) is 29.3 Å². The number of benzene rings is 2. The minimum absolute atomic E-state index is 0.0226. The van der Waals surface area contributed by atoms with Gasteiger partial charge in [-0.25, -0.2) is 19.1 Å². The minimum Gasteiger partial charge on any atom is -0.383 e. The van der Waals surface area contributed by atoms with E-state index in [-0.39, 0.29) is 6.04 Å². The first-order valence-corrected chi connectivity index (χ1v) is 9.48. The highest BCUT2D eigenvalue weighted by molar-refractivity contribution is 6.06. The van der Waals surface area contributed by atoms with Gasteiger partial charge in [0.15, 0.2) is 0 Å². The predicted octanol–water partition coefficient (Wildman–Crippen LogP) is 4.74. The molecule has 7 nitrogen and oxygen atoms in total. The molecule has 0 aliphatic heterocycles. The smallest absolute Gasteiger partial charge is 0.332 e. The molecule has 0 aliphatic carbocycles. The number of halogens is 1. The maximum absolute atomic E-state index is 13.5. The summed E-state index contributed by atoms with van der Waals surface area (Å²) < 4.78 is 18.6. The van der Waals surface area contributed by atoms with E-state index in [9.17, 15) is 9.18 Å². The van der Waals surface area contributed by atoms with Gasteiger partial charge in [0.2, 0.25) is 5.95 Å². The lowest BCUT2D eigenvalue weighted by molar-refractivity contribution is 0.190. The number of carbonyl (C=O) groups is 1. The highest BCUT2D eigenvalue weighted by Gasteiger charge is 2.21. The summed E-state index contributed by atoms with van der Waals surface area (Å²) in [5.74, 6) is 0.303. The quantitative estimate of drug-likeness (QED) is 0.589. The number of hydrogen-bond donors (Lipinski definition) is 2. The van der Waals surface area contributed by atoms with Gasteiger partial charge in [-0.1, -0.05) is 12.1 Å². The predicted molar refractivity (Wildman–Crippen MR) is 116 cm³/mol. The molecule has 1 aromatic heterocycles. The summed E-state index contributed by atoms with van der Waals surface area (Å²) in [5, 5.41) is 6.00. The van der Waals surface area contributed by atoms with E-state index < -0.39 is 11.8 Å². The molecule has 3 aromatic rings. The van der Waals surface area contributed by atoms with Crippen LogP contribution in [0.4, 0.5) is 32.3 Å². The number of rotatable bonds is 7. The van der Waals surface area contributed by atoms with Crippen LogP contribution >= 0.6 is 0 Å². The lowest BCUT2D eigenvalue weighted by atomic mass is 10.2. The summed E-state index contributed by atoms with van der Waals surface area (Å²) in [5.41, 5.74) is 2.13. The number of carbonyl (C=O) groups excluding carboxylic acids is 1. The number of amides is 2. The summed E-state index contributed by atoms with van der Waals surface area (Å²) in [7, 11) is 1.61. The maximum atomic E-state index is 13.5. The zero-order chi connectivity index (χ0) is 21.5. The van der Waals surface area contributed by atoms with Crippen LogP contribution in [0.5, 0.6) is 0 Å². The van der Waals surface area contributed by atoms with Crippen LogP contribution in [0.1, 0.15) is 12.5 Å². The van der Waals surface area contributed by atoms with Gasteiger partial charge in [0.05, 0.1) is 12.3 Å². The average Bonchev–Trinajstić information content (AvgIpc) is 2.70. The Morgan fingerprint density at radius 3 is 2.67 bits per heavy atom. The lowest BCUT2D eigenvalue weighted by Gasteiger charge is -2.23. The minimum atomic E-state index is -0.429. The van der Waals surface area contributed by atoms with Crippen LogP contribution in [-0.2, 0) is 4.74 Å². The maximum Gasteiger partial charge on any atom is 0.332 e. The monoisotopic (exact) mass is 409 g/mol. The molecule has 8 heteroatoms. The van der Waals surface area contributed by atoms with E-state index >= 15 is 0 Å². The molecule has 0 aliphatic rings. The molecule has 0 saturated heterocycles. The molecule has 0 spiro atoms. The van der Waals surface area contributed by atoms with Crippen LogP contribution < -0.4 is 15.5 Å². The van der Waals surface area contributed by atoms with Crippen LogP contribution in [0.3, 0.4) is 0 Å². The van der Waals surface area contributed by atoms with Crippen LogP contribution in [0.15, 0.2) is 60.8 Å². The summed E-state index contributed by atoms with van der Waals surface area (Å²) in [4.78, 5) is 23.2. The zero-order valence-corrected chi connectivity index (χ0v) is 17.1. The molecule has 0 saturated carbocycles. The number of hydrogen-bond acceptors (Lipinski definition) is 5. The number of ether oxygens (including phenoxy) is 1. The van der Waals surface area contributed by atoms with Crippen molar-refractivity contribution in [3.8, 4) is 0 Å². The van der Waals surface area contributed by atoms with Crippen molar-refractivity contribution in [2.45, 2.75) is 19.9 Å². The Morgan fingerprint density at radius 1 is 1.20 bits per heavy atom. The largest absolute Gasteiger partial charge is 0.383 e. The molecule has 2 aromatic carbocycles. The second kappa shape index (κ2) is 9.80. The second-order valence-electron chi connectivity index (χ2n) is 6.85. The molecule has 2 amide bonds. The third-order valence-electron chi connectivity index (χ3n) is 4.22. The first-order chi connectivity index (χ1) is 14.5. The second-order valence-corrected chi connectivity index (χ2v) is 6.85. The van der Waals surface area contributed by atoms with Crippen LogP contribution in [0, 0.1) is 12.7 Å². The molecule has 2 N–H and O–H groups in total. The van der Waals surface area contributed by atoms with Crippen molar-refractivity contribution >= 4 is 29.2 Å². The Labute approximate surface area is 174 Å². The fourth-order valence-corrected chi connectivity index (χ4v) is 2.90. The number of anilines is 4. The molecule has 1 heterocycles. The molecule has 0 bridgehead atoms. The van der Waals surface area contributed by atoms with Crippen LogP contribution in [-0.4, -0.2) is 35.8 Å². The van der Waals surface area contributed by atoms with Crippen molar-refractivity contribution < 1.29 is 13.9 Å². The average molecular weight is 409 g/mol. The number of nitrogens with one attached hydrogen (secondary N) is 2. The normalized spacial score (nSPS) is 11.6. The molecular formula is C22H24FN5O2. The highest BCUT2D eigenvalue weighted by Crippen LogP contribution is 2.26. The summed E-state index contributed by atoms with van der Waals surface area (Å²) >= 11 is 0. The Balaban J connectivity index is 1.93. The molecule has 0 fully saturated rings. The summed E-state index contributed by atoms with van der Waals surface area (Å²) in [6, 6.07) is 14.3. The lowest BCUT2D eigenvalue weighted by Crippen LogP contribution is -2.32. The van der Waals surface area contributed by atoms with Crippen molar-refractivity contribution in [1.29, 1.82) is 0 Å². The van der Waals surface area contributed by atoms with Gasteiger partial charge in [0, 0.05) is 31.1 Å². The molecule has 1 atom stereocenters. The Bertz CT molecular complexity index is 997. The van der Waals surface area contributed by atoms with Crippen LogP contribution in [0.25, 0.3) is 0 Å². The van der Waals surface area contributed by atoms with E-state index in [1.54, 1.807) is 25.4 Å². The van der Waals surface area contributed by atoms with Gasteiger partial charge >= 0.3 is 6.03 Å². The number of aryl methyl sites for hydroxylation is 1. The number of aromatic nitrogens is 2. The van der Waals surface area contributed by atoms with E-state index in [1.807, 2.05) is 32.0 Å². The first-order valence-electron chi connectivity index (χ1n) is 9.48. The number of methoxy groups -OCH3 is 1. The van der Waals surface area contributed by atoms with Gasteiger partial charge in [-0.15, -0.1) is 0 Å². The van der Waals surface area contributed by atoms with E-state index in [0.29, 0.717) is 29.7 Å². The fraction of sp³-hybridized carbons (Fsp3) is 0.227. The SMILES string of the molecule is COCC(C)Nc1nccc(N(C(=O)Nc2cccc(C)c2)c2ccc(F)cc2)n1. The van der Waals surface area contributed by atoms with Gasteiger partial charge in [-0.2, -0.15) is 4.98 Å². The van der Waals surface area contributed by atoms with Crippen molar-refractivity contribution in [3.05, 3.63) is 72.2 Å². The van der Waals surface area contributed by atoms with Crippen molar-refractivity contribution in [3.63, 3.8) is 0 Å². The van der Waals surface area contributed by atoms with E-state index in [2.05, 4.69) is 20.6 Å². The molecular weight excluding hydrogens is 385 g/mol. The Hall–Kier alpha value is -3.52. The van der Waals surface area contributed by atoms with Gasteiger partial charge in [-0.05, 0) is 55.8 Å². The van der Waals surface area contributed by atoms with Crippen LogP contribution in [0.2, 0.25) is 0 Å². The highest BCUT2D eigenvalue weighted by atomic mass is 19.1. The number of nitrogens with zero attached hydrogens (tertiary/aromatic N) is 3. The Kier molecular flexibility index (Phi) is 6.92.